The van der Waals surface area contributed by atoms with Crippen LogP contribution < -0.4 is 0 Å². The summed E-state index contributed by atoms with van der Waals surface area (Å²) < 4.78 is 11.4. The molecule has 0 atom stereocenters. The van der Waals surface area contributed by atoms with Gasteiger partial charge in [0.05, 0.1) is 13.2 Å². The molecule has 0 bridgehead atoms. The molecule has 17 heavy (non-hydrogen) atoms. The van der Waals surface area contributed by atoms with Crippen LogP contribution in [0.4, 0.5) is 0 Å². The van der Waals surface area contributed by atoms with Crippen LogP contribution in [-0.2, 0) is 14.3 Å². The largest absolute Gasteiger partial charge is 0.348 e. The molecule has 1 spiro atoms. The van der Waals surface area contributed by atoms with Crippen molar-refractivity contribution in [2.45, 2.75) is 57.3 Å². The predicted molar refractivity (Wildman–Crippen MR) is 64.6 cm³/mol. The molecule has 0 aromatic heterocycles. The lowest BCUT2D eigenvalue weighted by atomic mass is 9.89. The van der Waals surface area contributed by atoms with E-state index < -0.39 is 0 Å². The van der Waals surface area contributed by atoms with Crippen LogP contribution in [0.15, 0.2) is 0 Å². The molecule has 1 amide bonds. The molecule has 1 heterocycles. The van der Waals surface area contributed by atoms with Crippen LogP contribution in [0, 0.1) is 0 Å². The normalized spacial score (nSPS) is 24.1. The minimum Gasteiger partial charge on any atom is -0.348 e. The summed E-state index contributed by atoms with van der Waals surface area (Å²) in [6.07, 6.45) is 5.40. The number of hydrogen-bond donors (Lipinski definition) is 0. The molecule has 4 nitrogen and oxygen atoms in total. The molecular formula is C13H23NO3. The van der Waals surface area contributed by atoms with E-state index in [4.69, 9.17) is 9.47 Å². The van der Waals surface area contributed by atoms with Gasteiger partial charge >= 0.3 is 0 Å². The van der Waals surface area contributed by atoms with E-state index in [9.17, 15) is 4.79 Å². The minimum atomic E-state index is -0.314. The monoisotopic (exact) mass is 241 g/mol. The Morgan fingerprint density at radius 1 is 1.29 bits per heavy atom. The van der Waals surface area contributed by atoms with Crippen molar-refractivity contribution < 1.29 is 14.3 Å². The van der Waals surface area contributed by atoms with Crippen LogP contribution in [0.2, 0.25) is 0 Å². The first kappa shape index (κ1) is 12.8. The van der Waals surface area contributed by atoms with Gasteiger partial charge in [-0.05, 0) is 19.3 Å². The first-order valence-corrected chi connectivity index (χ1v) is 6.70. The second-order valence-electron chi connectivity index (χ2n) is 5.09. The average molecular weight is 241 g/mol. The Labute approximate surface area is 103 Å². The molecule has 98 valence electrons. The van der Waals surface area contributed by atoms with E-state index in [2.05, 4.69) is 0 Å². The van der Waals surface area contributed by atoms with Gasteiger partial charge in [-0.1, -0.05) is 6.92 Å². The Hall–Kier alpha value is -0.610. The average Bonchev–Trinajstić information content (AvgIpc) is 2.78. The first-order chi connectivity index (χ1) is 8.17. The molecule has 4 heteroatoms. The molecule has 0 aromatic carbocycles. The third kappa shape index (κ3) is 2.80. The minimum absolute atomic E-state index is 0.265. The second kappa shape index (κ2) is 5.36. The molecule has 0 unspecified atom stereocenters. The summed E-state index contributed by atoms with van der Waals surface area (Å²) in [4.78, 5) is 13.7. The van der Waals surface area contributed by atoms with Crippen molar-refractivity contribution in [3.63, 3.8) is 0 Å². The van der Waals surface area contributed by atoms with E-state index in [1.165, 1.54) is 0 Å². The maximum Gasteiger partial charge on any atom is 0.222 e. The van der Waals surface area contributed by atoms with E-state index in [0.717, 1.165) is 45.3 Å². The number of ether oxygens (including phenoxy) is 2. The summed E-state index contributed by atoms with van der Waals surface area (Å²) in [7, 11) is 1.93. The van der Waals surface area contributed by atoms with E-state index in [1.807, 2.05) is 18.9 Å². The first-order valence-electron chi connectivity index (χ1n) is 6.70. The van der Waals surface area contributed by atoms with Gasteiger partial charge in [-0.25, -0.2) is 0 Å². The molecule has 0 N–H and O–H groups in total. The summed E-state index contributed by atoms with van der Waals surface area (Å²) in [5.41, 5.74) is 0. The highest BCUT2D eigenvalue weighted by Crippen LogP contribution is 2.37. The molecule has 1 saturated carbocycles. The van der Waals surface area contributed by atoms with Gasteiger partial charge in [0.25, 0.3) is 0 Å². The van der Waals surface area contributed by atoms with Crippen LogP contribution >= 0.6 is 0 Å². The molecule has 1 aliphatic carbocycles. The van der Waals surface area contributed by atoms with Crippen molar-refractivity contribution in [3.8, 4) is 0 Å². The van der Waals surface area contributed by atoms with Crippen molar-refractivity contribution in [1.29, 1.82) is 0 Å². The van der Waals surface area contributed by atoms with E-state index >= 15 is 0 Å². The highest BCUT2D eigenvalue weighted by molar-refractivity contribution is 5.76. The molecule has 0 radical (unpaired) electrons. The van der Waals surface area contributed by atoms with Crippen LogP contribution in [-0.4, -0.2) is 42.9 Å². The molecule has 2 aliphatic rings. The molecule has 0 aromatic rings. The smallest absolute Gasteiger partial charge is 0.222 e. The summed E-state index contributed by atoms with van der Waals surface area (Å²) in [6.45, 7) is 3.48. The Kier molecular flexibility index (Phi) is 4.05. The third-order valence-corrected chi connectivity index (χ3v) is 3.94. The van der Waals surface area contributed by atoms with Crippen LogP contribution in [0.5, 0.6) is 0 Å². The fourth-order valence-electron chi connectivity index (χ4n) is 2.81. The maximum atomic E-state index is 11.8. The zero-order chi connectivity index (χ0) is 12.3. The number of rotatable bonds is 3. The quantitative estimate of drug-likeness (QED) is 0.758. The Bertz CT molecular complexity index is 264. The zero-order valence-corrected chi connectivity index (χ0v) is 10.9. The topological polar surface area (TPSA) is 38.8 Å². The SMILES string of the molecule is CCCC(=O)N(C)C1CCC2(CC1)OCCO2. The molecular weight excluding hydrogens is 218 g/mol. The van der Waals surface area contributed by atoms with Crippen molar-refractivity contribution in [2.75, 3.05) is 20.3 Å². The van der Waals surface area contributed by atoms with Crippen molar-refractivity contribution >= 4 is 5.91 Å². The van der Waals surface area contributed by atoms with Crippen LogP contribution in [0.3, 0.4) is 0 Å². The van der Waals surface area contributed by atoms with Gasteiger partial charge in [0, 0.05) is 32.4 Å². The third-order valence-electron chi connectivity index (χ3n) is 3.94. The van der Waals surface area contributed by atoms with Crippen molar-refractivity contribution in [2.24, 2.45) is 0 Å². The molecule has 1 saturated heterocycles. The van der Waals surface area contributed by atoms with Gasteiger partial charge in [-0.15, -0.1) is 0 Å². The molecule has 2 rings (SSSR count). The Morgan fingerprint density at radius 2 is 1.88 bits per heavy atom. The second-order valence-corrected chi connectivity index (χ2v) is 5.09. The van der Waals surface area contributed by atoms with Crippen molar-refractivity contribution in [3.05, 3.63) is 0 Å². The maximum absolute atomic E-state index is 11.8. The molecule has 2 fully saturated rings. The van der Waals surface area contributed by atoms with E-state index in [0.29, 0.717) is 12.5 Å². The fraction of sp³-hybridized carbons (Fsp3) is 0.923. The lowest BCUT2D eigenvalue weighted by Gasteiger charge is -2.39. The molecule has 1 aliphatic heterocycles. The number of nitrogens with zero attached hydrogens (tertiary/aromatic N) is 1. The summed E-state index contributed by atoms with van der Waals surface area (Å²) in [5.74, 6) is -0.0489. The highest BCUT2D eigenvalue weighted by Gasteiger charge is 2.41. The highest BCUT2D eigenvalue weighted by atomic mass is 16.7. The van der Waals surface area contributed by atoms with E-state index in [1.54, 1.807) is 0 Å². The number of hydrogen-bond acceptors (Lipinski definition) is 3. The number of carbonyl (C=O) groups is 1. The number of carbonyl (C=O) groups excluding carboxylic acids is 1. The number of amides is 1. The summed E-state index contributed by atoms with van der Waals surface area (Å²) >= 11 is 0. The lowest BCUT2D eigenvalue weighted by molar-refractivity contribution is -0.184. The van der Waals surface area contributed by atoms with Gasteiger partial charge in [0.15, 0.2) is 5.79 Å². The Balaban J connectivity index is 1.83. The van der Waals surface area contributed by atoms with Crippen LogP contribution in [0.25, 0.3) is 0 Å². The van der Waals surface area contributed by atoms with Gasteiger partial charge in [-0.2, -0.15) is 0 Å². The van der Waals surface area contributed by atoms with Gasteiger partial charge in [0.1, 0.15) is 0 Å². The standard InChI is InChI=1S/C13H23NO3/c1-3-4-12(15)14(2)11-5-7-13(8-6-11)16-9-10-17-13/h11H,3-10H2,1-2H3. The summed E-state index contributed by atoms with van der Waals surface area (Å²) in [6, 6.07) is 0.368. The lowest BCUT2D eigenvalue weighted by Crippen LogP contribution is -2.44. The van der Waals surface area contributed by atoms with Crippen LogP contribution in [0.1, 0.15) is 45.4 Å². The summed E-state index contributed by atoms with van der Waals surface area (Å²) in [5, 5.41) is 0. The van der Waals surface area contributed by atoms with Crippen molar-refractivity contribution in [1.82, 2.24) is 4.90 Å². The van der Waals surface area contributed by atoms with Gasteiger partial charge in [0.2, 0.25) is 5.91 Å². The van der Waals surface area contributed by atoms with Gasteiger partial charge in [-0.3, -0.25) is 4.79 Å². The zero-order valence-electron chi connectivity index (χ0n) is 10.9. The van der Waals surface area contributed by atoms with E-state index in [-0.39, 0.29) is 11.7 Å². The fourth-order valence-corrected chi connectivity index (χ4v) is 2.81. The van der Waals surface area contributed by atoms with Gasteiger partial charge < -0.3 is 14.4 Å². The predicted octanol–water partition coefficient (Wildman–Crippen LogP) is 1.93. The Morgan fingerprint density at radius 3 is 2.41 bits per heavy atom.